The molecular weight excluding hydrogens is 152 g/mol. The van der Waals surface area contributed by atoms with E-state index in [2.05, 4.69) is 6.07 Å². The van der Waals surface area contributed by atoms with Crippen LogP contribution in [0, 0.1) is 6.07 Å². The van der Waals surface area contributed by atoms with Crippen LogP contribution in [0.2, 0.25) is 0 Å². The molecule has 0 aliphatic heterocycles. The Labute approximate surface area is 72.0 Å². The lowest BCUT2D eigenvalue weighted by atomic mass is 10.0. The third-order valence-electron chi connectivity index (χ3n) is 1.72. The van der Waals surface area contributed by atoms with E-state index in [9.17, 15) is 0 Å². The van der Waals surface area contributed by atoms with Gasteiger partial charge in [0.15, 0.2) is 0 Å². The molecule has 0 heterocycles. The van der Waals surface area contributed by atoms with Gasteiger partial charge in [-0.15, -0.1) is 0 Å². The van der Waals surface area contributed by atoms with Gasteiger partial charge in [0.1, 0.15) is 0 Å². The van der Waals surface area contributed by atoms with Crippen molar-refractivity contribution < 1.29 is 5.11 Å². The Hall–Kier alpha value is -1.06. The molecule has 0 aliphatic rings. The molecule has 1 aromatic carbocycles. The molecule has 1 unspecified atom stereocenters. The summed E-state index contributed by atoms with van der Waals surface area (Å²) in [7, 11) is 0. The fourth-order valence-electron chi connectivity index (χ4n) is 1.04. The Bertz CT molecular complexity index is 250. The lowest BCUT2D eigenvalue weighted by Gasteiger charge is -2.09. The van der Waals surface area contributed by atoms with Crippen LogP contribution in [0.1, 0.15) is 18.0 Å². The molecule has 1 rings (SSSR count). The number of hydrogen-bond donors (Lipinski definition) is 3. The number of aliphatic hydroxyl groups excluding tert-OH is 1. The number of rotatable bonds is 3. The van der Waals surface area contributed by atoms with Crippen molar-refractivity contribution in [3.8, 4) is 0 Å². The minimum absolute atomic E-state index is 0.0969. The summed E-state index contributed by atoms with van der Waals surface area (Å²) in [4.78, 5) is 0. The third-order valence-corrected chi connectivity index (χ3v) is 1.72. The number of anilines is 1. The molecule has 1 aromatic rings. The van der Waals surface area contributed by atoms with Gasteiger partial charge in [0.05, 0.1) is 0 Å². The minimum atomic E-state index is -0.133. The van der Waals surface area contributed by atoms with Crippen LogP contribution >= 0.6 is 0 Å². The highest BCUT2D eigenvalue weighted by Crippen LogP contribution is 2.15. The summed E-state index contributed by atoms with van der Waals surface area (Å²) in [5, 5.41) is 8.65. The smallest absolute Gasteiger partial charge is 0.0449 e. The van der Waals surface area contributed by atoms with E-state index in [0.29, 0.717) is 12.1 Å². The van der Waals surface area contributed by atoms with Crippen LogP contribution in [-0.2, 0) is 0 Å². The van der Waals surface area contributed by atoms with Crippen molar-refractivity contribution in [2.45, 2.75) is 12.5 Å². The van der Waals surface area contributed by atoms with Gasteiger partial charge in [-0.3, -0.25) is 0 Å². The molecule has 5 N–H and O–H groups in total. The lowest BCUT2D eigenvalue weighted by molar-refractivity contribution is 0.276. The molecule has 0 aromatic heterocycles. The third kappa shape index (κ3) is 2.22. The molecule has 0 saturated heterocycles. The summed E-state index contributed by atoms with van der Waals surface area (Å²) in [6.07, 6.45) is 0.559. The van der Waals surface area contributed by atoms with E-state index in [4.69, 9.17) is 16.6 Å². The zero-order valence-electron chi connectivity index (χ0n) is 6.83. The first-order valence-electron chi connectivity index (χ1n) is 3.87. The molecule has 0 bridgehead atoms. The average Bonchev–Trinajstić information content (AvgIpc) is 2.05. The van der Waals surface area contributed by atoms with Crippen LogP contribution in [0.25, 0.3) is 0 Å². The first-order chi connectivity index (χ1) is 5.74. The summed E-state index contributed by atoms with van der Waals surface area (Å²) >= 11 is 0. The maximum atomic E-state index is 8.65. The van der Waals surface area contributed by atoms with Crippen molar-refractivity contribution in [1.82, 2.24) is 0 Å². The maximum absolute atomic E-state index is 8.65. The zero-order valence-corrected chi connectivity index (χ0v) is 6.83. The van der Waals surface area contributed by atoms with Crippen LogP contribution in [0.15, 0.2) is 18.2 Å². The van der Waals surface area contributed by atoms with E-state index in [1.54, 1.807) is 12.1 Å². The molecule has 1 radical (unpaired) electrons. The zero-order chi connectivity index (χ0) is 8.97. The predicted octanol–water partition coefficient (Wildman–Crippen LogP) is 0.451. The standard InChI is InChI=1S/C9H13N2O/c10-8-3-1-2-7(6-8)9(11)4-5-12/h1-2,6,9,12H,4-5,10-11H2. The Morgan fingerprint density at radius 3 is 2.92 bits per heavy atom. The predicted molar refractivity (Wildman–Crippen MR) is 48.3 cm³/mol. The summed E-state index contributed by atoms with van der Waals surface area (Å²) < 4.78 is 0. The quantitative estimate of drug-likeness (QED) is 0.569. The van der Waals surface area contributed by atoms with E-state index in [-0.39, 0.29) is 12.6 Å². The summed E-state index contributed by atoms with van der Waals surface area (Å²) in [6.45, 7) is 0.0969. The van der Waals surface area contributed by atoms with Gasteiger partial charge in [-0.2, -0.15) is 0 Å². The molecule has 12 heavy (non-hydrogen) atoms. The molecule has 65 valence electrons. The van der Waals surface area contributed by atoms with E-state index in [0.717, 1.165) is 5.56 Å². The molecule has 0 fully saturated rings. The van der Waals surface area contributed by atoms with Gasteiger partial charge < -0.3 is 16.6 Å². The van der Waals surface area contributed by atoms with Gasteiger partial charge in [0.2, 0.25) is 0 Å². The second-order valence-corrected chi connectivity index (χ2v) is 2.70. The second-order valence-electron chi connectivity index (χ2n) is 2.70. The molecule has 0 spiro atoms. The average molecular weight is 165 g/mol. The van der Waals surface area contributed by atoms with Crippen LogP contribution in [0.4, 0.5) is 5.69 Å². The van der Waals surface area contributed by atoms with E-state index in [1.807, 2.05) is 6.07 Å². The van der Waals surface area contributed by atoms with Crippen LogP contribution < -0.4 is 11.5 Å². The normalized spacial score (nSPS) is 12.8. The number of benzene rings is 1. The molecule has 0 aliphatic carbocycles. The molecule has 3 heteroatoms. The van der Waals surface area contributed by atoms with Crippen molar-refractivity contribution in [3.05, 3.63) is 29.8 Å². The van der Waals surface area contributed by atoms with E-state index in [1.165, 1.54) is 0 Å². The lowest BCUT2D eigenvalue weighted by Crippen LogP contribution is -2.11. The van der Waals surface area contributed by atoms with Crippen molar-refractivity contribution in [3.63, 3.8) is 0 Å². The monoisotopic (exact) mass is 165 g/mol. The van der Waals surface area contributed by atoms with Gasteiger partial charge in [-0.05, 0) is 18.1 Å². The molecule has 3 nitrogen and oxygen atoms in total. The van der Waals surface area contributed by atoms with E-state index < -0.39 is 0 Å². The highest BCUT2D eigenvalue weighted by atomic mass is 16.3. The molecule has 0 amide bonds. The summed E-state index contributed by atoms with van der Waals surface area (Å²) in [6, 6.07) is 8.07. The first kappa shape index (κ1) is 9.03. The number of nitrogens with two attached hydrogens (primary N) is 2. The van der Waals surface area contributed by atoms with Gasteiger partial charge in [0, 0.05) is 24.4 Å². The summed E-state index contributed by atoms with van der Waals surface area (Å²) in [5.41, 5.74) is 12.8. The van der Waals surface area contributed by atoms with Crippen molar-refractivity contribution in [2.24, 2.45) is 5.73 Å². The largest absolute Gasteiger partial charge is 0.398 e. The van der Waals surface area contributed by atoms with Gasteiger partial charge in [-0.25, -0.2) is 0 Å². The van der Waals surface area contributed by atoms with Gasteiger partial charge >= 0.3 is 0 Å². The number of hydrogen-bond acceptors (Lipinski definition) is 3. The SMILES string of the molecule is Nc1[c]ccc(C(N)CCO)c1. The summed E-state index contributed by atoms with van der Waals surface area (Å²) in [5.74, 6) is 0. The van der Waals surface area contributed by atoms with Crippen molar-refractivity contribution in [1.29, 1.82) is 0 Å². The van der Waals surface area contributed by atoms with Crippen LogP contribution in [0.5, 0.6) is 0 Å². The van der Waals surface area contributed by atoms with Crippen molar-refractivity contribution in [2.75, 3.05) is 12.3 Å². The number of aliphatic hydroxyl groups is 1. The first-order valence-corrected chi connectivity index (χ1v) is 3.87. The van der Waals surface area contributed by atoms with Crippen LogP contribution in [0.3, 0.4) is 0 Å². The Balaban J connectivity index is 2.73. The fraction of sp³-hybridized carbons (Fsp3) is 0.333. The number of nitrogen functional groups attached to an aromatic ring is 1. The van der Waals surface area contributed by atoms with Gasteiger partial charge in [0.25, 0.3) is 0 Å². The second kappa shape index (κ2) is 4.09. The highest BCUT2D eigenvalue weighted by molar-refractivity contribution is 5.40. The maximum Gasteiger partial charge on any atom is 0.0449 e. The highest BCUT2D eigenvalue weighted by Gasteiger charge is 2.04. The molecule has 0 saturated carbocycles. The Kier molecular flexibility index (Phi) is 3.08. The molecular formula is C9H13N2O. The Morgan fingerprint density at radius 2 is 2.33 bits per heavy atom. The minimum Gasteiger partial charge on any atom is -0.398 e. The van der Waals surface area contributed by atoms with Gasteiger partial charge in [-0.1, -0.05) is 12.1 Å². The Morgan fingerprint density at radius 1 is 1.58 bits per heavy atom. The van der Waals surface area contributed by atoms with Crippen LogP contribution in [-0.4, -0.2) is 11.7 Å². The topological polar surface area (TPSA) is 72.3 Å². The van der Waals surface area contributed by atoms with E-state index >= 15 is 0 Å². The fourth-order valence-corrected chi connectivity index (χ4v) is 1.04. The van der Waals surface area contributed by atoms with Crippen molar-refractivity contribution >= 4 is 5.69 Å². The molecule has 1 atom stereocenters.